The van der Waals surface area contributed by atoms with Crippen LogP contribution in [0.3, 0.4) is 0 Å². The van der Waals surface area contributed by atoms with Gasteiger partial charge in [-0.25, -0.2) is 0 Å². The van der Waals surface area contributed by atoms with Gasteiger partial charge < -0.3 is 9.90 Å². The normalized spacial score (nSPS) is 14.2. The fourth-order valence-electron chi connectivity index (χ4n) is 2.64. The molecule has 0 aromatic heterocycles. The van der Waals surface area contributed by atoms with E-state index >= 15 is 0 Å². The summed E-state index contributed by atoms with van der Waals surface area (Å²) < 4.78 is 0. The minimum atomic E-state index is -0.467. The van der Waals surface area contributed by atoms with E-state index in [1.54, 1.807) is 6.92 Å². The van der Waals surface area contributed by atoms with Gasteiger partial charge in [0.05, 0.1) is 5.60 Å². The summed E-state index contributed by atoms with van der Waals surface area (Å²) in [5, 5.41) is 10.3. The lowest BCUT2D eigenvalue weighted by molar-refractivity contribution is -0.117. The van der Waals surface area contributed by atoms with Crippen molar-refractivity contribution < 1.29 is 9.90 Å². The van der Waals surface area contributed by atoms with Crippen molar-refractivity contribution in [2.24, 2.45) is 0 Å². The SMILES string of the molecule is CCCCCCCC(C)(O)CCCCCCCC(C)=O. The van der Waals surface area contributed by atoms with Gasteiger partial charge in [0.1, 0.15) is 5.78 Å². The van der Waals surface area contributed by atoms with Crippen LogP contribution in [0.5, 0.6) is 0 Å². The van der Waals surface area contributed by atoms with Crippen molar-refractivity contribution in [2.45, 2.75) is 110 Å². The molecule has 1 unspecified atom stereocenters. The van der Waals surface area contributed by atoms with E-state index in [4.69, 9.17) is 0 Å². The molecule has 0 aliphatic carbocycles. The van der Waals surface area contributed by atoms with Crippen LogP contribution >= 0.6 is 0 Å². The summed E-state index contributed by atoms with van der Waals surface area (Å²) in [5.74, 6) is 0.302. The molecule has 20 heavy (non-hydrogen) atoms. The molecule has 0 radical (unpaired) electrons. The Labute approximate surface area is 126 Å². The molecule has 2 heteroatoms. The van der Waals surface area contributed by atoms with E-state index in [1.807, 2.05) is 6.92 Å². The smallest absolute Gasteiger partial charge is 0.129 e. The molecule has 0 fully saturated rings. The monoisotopic (exact) mass is 284 g/mol. The molecule has 1 N–H and O–H groups in total. The van der Waals surface area contributed by atoms with Crippen molar-refractivity contribution in [2.75, 3.05) is 0 Å². The topological polar surface area (TPSA) is 37.3 Å². The van der Waals surface area contributed by atoms with Crippen LogP contribution in [-0.4, -0.2) is 16.5 Å². The standard InChI is InChI=1S/C18H36O2/c1-4-5-6-9-12-15-18(3,20)16-13-10-7-8-11-14-17(2)19/h20H,4-16H2,1-3H3. The molecule has 0 saturated heterocycles. The summed E-state index contributed by atoms with van der Waals surface area (Å²) in [5.41, 5.74) is -0.467. The van der Waals surface area contributed by atoms with Crippen molar-refractivity contribution in [3.63, 3.8) is 0 Å². The Balaban J connectivity index is 3.40. The number of aliphatic hydroxyl groups is 1. The van der Waals surface area contributed by atoms with E-state index < -0.39 is 5.60 Å². The van der Waals surface area contributed by atoms with Gasteiger partial charge in [-0.05, 0) is 33.1 Å². The predicted molar refractivity (Wildman–Crippen MR) is 87.0 cm³/mol. The molecule has 120 valence electrons. The molecule has 0 rings (SSSR count). The van der Waals surface area contributed by atoms with Gasteiger partial charge in [-0.1, -0.05) is 64.7 Å². The van der Waals surface area contributed by atoms with Gasteiger partial charge >= 0.3 is 0 Å². The number of hydrogen-bond donors (Lipinski definition) is 1. The molecule has 0 aliphatic heterocycles. The van der Waals surface area contributed by atoms with Crippen LogP contribution in [-0.2, 0) is 4.79 Å². The second-order valence-corrected chi connectivity index (χ2v) is 6.63. The van der Waals surface area contributed by atoms with Crippen molar-refractivity contribution in [1.29, 1.82) is 0 Å². The quantitative estimate of drug-likeness (QED) is 0.433. The maximum Gasteiger partial charge on any atom is 0.129 e. The first kappa shape index (κ1) is 19.6. The Bertz CT molecular complexity index is 234. The molecule has 0 saturated carbocycles. The third-order valence-corrected chi connectivity index (χ3v) is 4.06. The number of carbonyl (C=O) groups is 1. The molecule has 0 spiro atoms. The van der Waals surface area contributed by atoms with Gasteiger partial charge in [0.15, 0.2) is 0 Å². The molecule has 0 aromatic carbocycles. The van der Waals surface area contributed by atoms with Gasteiger partial charge in [0.2, 0.25) is 0 Å². The number of hydrogen-bond acceptors (Lipinski definition) is 2. The highest BCUT2D eigenvalue weighted by Crippen LogP contribution is 2.22. The van der Waals surface area contributed by atoms with E-state index in [9.17, 15) is 9.90 Å². The van der Waals surface area contributed by atoms with E-state index in [2.05, 4.69) is 6.92 Å². The number of rotatable bonds is 14. The highest BCUT2D eigenvalue weighted by atomic mass is 16.3. The maximum atomic E-state index is 10.8. The summed E-state index contributed by atoms with van der Waals surface area (Å²) in [7, 11) is 0. The van der Waals surface area contributed by atoms with Crippen LogP contribution in [0.4, 0.5) is 0 Å². The molecule has 1 atom stereocenters. The Morgan fingerprint density at radius 3 is 1.80 bits per heavy atom. The van der Waals surface area contributed by atoms with Gasteiger partial charge in [-0.15, -0.1) is 0 Å². The third kappa shape index (κ3) is 14.0. The average molecular weight is 284 g/mol. The molecular weight excluding hydrogens is 248 g/mol. The van der Waals surface area contributed by atoms with Crippen molar-refractivity contribution in [3.8, 4) is 0 Å². The molecule has 0 aromatic rings. The minimum absolute atomic E-state index is 0.302. The lowest BCUT2D eigenvalue weighted by atomic mass is 9.91. The van der Waals surface area contributed by atoms with Crippen LogP contribution in [0.2, 0.25) is 0 Å². The highest BCUT2D eigenvalue weighted by molar-refractivity contribution is 5.75. The molecular formula is C18H36O2. The minimum Gasteiger partial charge on any atom is -0.390 e. The first-order valence-electron chi connectivity index (χ1n) is 8.70. The Hall–Kier alpha value is -0.370. The van der Waals surface area contributed by atoms with Gasteiger partial charge in [0, 0.05) is 6.42 Å². The predicted octanol–water partition coefficient (Wildman–Crippen LogP) is 5.42. The number of ketones is 1. The van der Waals surface area contributed by atoms with Crippen LogP contribution in [0.25, 0.3) is 0 Å². The lowest BCUT2D eigenvalue weighted by Crippen LogP contribution is -2.23. The zero-order valence-electron chi connectivity index (χ0n) is 14.0. The number of unbranched alkanes of at least 4 members (excludes halogenated alkanes) is 8. The maximum absolute atomic E-state index is 10.8. The Kier molecular flexibility index (Phi) is 12.1. The van der Waals surface area contributed by atoms with Crippen molar-refractivity contribution in [1.82, 2.24) is 0 Å². The molecule has 0 aliphatic rings. The third-order valence-electron chi connectivity index (χ3n) is 4.06. The summed E-state index contributed by atoms with van der Waals surface area (Å²) in [4.78, 5) is 10.8. The summed E-state index contributed by atoms with van der Waals surface area (Å²) >= 11 is 0. The van der Waals surface area contributed by atoms with Crippen LogP contribution in [0, 0.1) is 0 Å². The van der Waals surface area contributed by atoms with Crippen molar-refractivity contribution >= 4 is 5.78 Å². The zero-order chi connectivity index (χ0) is 15.3. The largest absolute Gasteiger partial charge is 0.390 e. The zero-order valence-corrected chi connectivity index (χ0v) is 14.0. The van der Waals surface area contributed by atoms with Gasteiger partial charge in [-0.2, -0.15) is 0 Å². The fraction of sp³-hybridized carbons (Fsp3) is 0.944. The molecule has 0 amide bonds. The summed E-state index contributed by atoms with van der Waals surface area (Å²) in [6.07, 6.45) is 14.6. The molecule has 0 bridgehead atoms. The van der Waals surface area contributed by atoms with E-state index in [0.717, 1.165) is 44.9 Å². The molecule has 0 heterocycles. The van der Waals surface area contributed by atoms with E-state index in [0.29, 0.717) is 5.78 Å². The van der Waals surface area contributed by atoms with E-state index in [-0.39, 0.29) is 0 Å². The average Bonchev–Trinajstić information content (AvgIpc) is 2.37. The van der Waals surface area contributed by atoms with Gasteiger partial charge in [-0.3, -0.25) is 0 Å². The van der Waals surface area contributed by atoms with Crippen LogP contribution in [0.1, 0.15) is 104 Å². The second-order valence-electron chi connectivity index (χ2n) is 6.63. The van der Waals surface area contributed by atoms with Crippen LogP contribution < -0.4 is 0 Å². The second kappa shape index (κ2) is 12.4. The lowest BCUT2D eigenvalue weighted by Gasteiger charge is -2.23. The van der Waals surface area contributed by atoms with E-state index in [1.165, 1.54) is 38.5 Å². The number of carbonyl (C=O) groups excluding carboxylic acids is 1. The first-order chi connectivity index (χ1) is 9.48. The Morgan fingerprint density at radius 1 is 0.850 bits per heavy atom. The van der Waals surface area contributed by atoms with Gasteiger partial charge in [0.25, 0.3) is 0 Å². The first-order valence-corrected chi connectivity index (χ1v) is 8.70. The Morgan fingerprint density at radius 2 is 1.30 bits per heavy atom. The van der Waals surface area contributed by atoms with Crippen molar-refractivity contribution in [3.05, 3.63) is 0 Å². The highest BCUT2D eigenvalue weighted by Gasteiger charge is 2.18. The fourth-order valence-corrected chi connectivity index (χ4v) is 2.64. The summed E-state index contributed by atoms with van der Waals surface area (Å²) in [6, 6.07) is 0. The van der Waals surface area contributed by atoms with Crippen LogP contribution in [0.15, 0.2) is 0 Å². The molecule has 2 nitrogen and oxygen atoms in total. The summed E-state index contributed by atoms with van der Waals surface area (Å²) in [6.45, 7) is 5.88. The number of Topliss-reactive ketones (excluding diaryl/α,β-unsaturated/α-hetero) is 1.